The molecule has 0 heterocycles. The van der Waals surface area contributed by atoms with Crippen LogP contribution >= 0.6 is 0 Å². The fourth-order valence-electron chi connectivity index (χ4n) is 10.3. The maximum Gasteiger partial charge on any atom is 0.306 e. The molecule has 0 N–H and O–H groups in total. The summed E-state index contributed by atoms with van der Waals surface area (Å²) in [5.41, 5.74) is 0. The van der Waals surface area contributed by atoms with Gasteiger partial charge in [-0.2, -0.15) is 0 Å². The quantitative estimate of drug-likeness (QED) is 0.0261. The number of hydrogen-bond donors (Lipinski definition) is 0. The SMILES string of the molecule is CCCCC/C=C\C/C=C\C/C=C\CCCCCCCCC(=O)OC(COC(=O)CCCCCCCCCCCCCCC)COC(=O)CCCCCCCCCCCCCCCCCCCCCCCCCCCC. The average molecular weight is 1070 g/mol. The Morgan fingerprint density at radius 1 is 0.263 bits per heavy atom. The van der Waals surface area contributed by atoms with Crippen LogP contribution in [0.4, 0.5) is 0 Å². The summed E-state index contributed by atoms with van der Waals surface area (Å²) in [6.07, 6.45) is 80.2. The van der Waals surface area contributed by atoms with Gasteiger partial charge in [0.25, 0.3) is 0 Å². The minimum atomic E-state index is -0.776. The molecule has 0 aliphatic carbocycles. The van der Waals surface area contributed by atoms with E-state index in [0.717, 1.165) is 77.0 Å². The molecule has 1 atom stereocenters. The molecule has 76 heavy (non-hydrogen) atoms. The van der Waals surface area contributed by atoms with Crippen molar-refractivity contribution in [2.24, 2.45) is 0 Å². The lowest BCUT2D eigenvalue weighted by Crippen LogP contribution is -2.30. The third-order valence-electron chi connectivity index (χ3n) is 15.4. The fraction of sp³-hybridized carbons (Fsp3) is 0.871. The first-order valence-electron chi connectivity index (χ1n) is 34.0. The molecule has 0 aliphatic heterocycles. The first-order chi connectivity index (χ1) is 37.5. The molecule has 6 nitrogen and oxygen atoms in total. The lowest BCUT2D eigenvalue weighted by molar-refractivity contribution is -0.167. The van der Waals surface area contributed by atoms with E-state index in [2.05, 4.69) is 57.2 Å². The van der Waals surface area contributed by atoms with Gasteiger partial charge in [0.1, 0.15) is 13.2 Å². The molecule has 0 aromatic heterocycles. The van der Waals surface area contributed by atoms with Gasteiger partial charge >= 0.3 is 17.9 Å². The second-order valence-electron chi connectivity index (χ2n) is 23.1. The van der Waals surface area contributed by atoms with Crippen LogP contribution in [0.3, 0.4) is 0 Å². The Balaban J connectivity index is 4.23. The monoisotopic (exact) mass is 1070 g/mol. The summed E-state index contributed by atoms with van der Waals surface area (Å²) in [5, 5.41) is 0. The number of ether oxygens (including phenoxy) is 3. The molecule has 0 rings (SSSR count). The van der Waals surface area contributed by atoms with Crippen LogP contribution in [0.1, 0.15) is 374 Å². The largest absolute Gasteiger partial charge is 0.462 e. The van der Waals surface area contributed by atoms with E-state index in [-0.39, 0.29) is 31.1 Å². The van der Waals surface area contributed by atoms with Gasteiger partial charge in [0.05, 0.1) is 0 Å². The van der Waals surface area contributed by atoms with Gasteiger partial charge in [-0.1, -0.05) is 333 Å². The fourth-order valence-corrected chi connectivity index (χ4v) is 10.3. The highest BCUT2D eigenvalue weighted by Gasteiger charge is 2.19. The molecule has 1 unspecified atom stereocenters. The Kier molecular flexibility index (Phi) is 63.1. The zero-order valence-corrected chi connectivity index (χ0v) is 51.3. The van der Waals surface area contributed by atoms with Crippen molar-refractivity contribution in [2.45, 2.75) is 380 Å². The molecule has 6 heteroatoms. The van der Waals surface area contributed by atoms with Crippen molar-refractivity contribution in [3.8, 4) is 0 Å². The normalized spacial score (nSPS) is 12.2. The summed E-state index contributed by atoms with van der Waals surface area (Å²) in [6.45, 7) is 6.67. The van der Waals surface area contributed by atoms with Crippen LogP contribution in [0.15, 0.2) is 36.5 Å². The average Bonchev–Trinajstić information content (AvgIpc) is 3.42. The second-order valence-corrected chi connectivity index (χ2v) is 23.1. The zero-order chi connectivity index (χ0) is 55.0. The zero-order valence-electron chi connectivity index (χ0n) is 51.3. The molecule has 0 spiro atoms. The molecule has 0 fully saturated rings. The van der Waals surface area contributed by atoms with Gasteiger partial charge in [-0.25, -0.2) is 0 Å². The lowest BCUT2D eigenvalue weighted by Gasteiger charge is -2.18. The van der Waals surface area contributed by atoms with Gasteiger partial charge in [-0.15, -0.1) is 0 Å². The number of carbonyl (C=O) groups is 3. The van der Waals surface area contributed by atoms with E-state index in [4.69, 9.17) is 14.2 Å². The molecular weight excluding hydrogens is 937 g/mol. The Morgan fingerprint density at radius 2 is 0.474 bits per heavy atom. The van der Waals surface area contributed by atoms with Crippen LogP contribution in [-0.4, -0.2) is 37.2 Å². The van der Waals surface area contributed by atoms with Crippen molar-refractivity contribution in [3.63, 3.8) is 0 Å². The van der Waals surface area contributed by atoms with Crippen molar-refractivity contribution in [1.82, 2.24) is 0 Å². The number of rotatable bonds is 63. The minimum Gasteiger partial charge on any atom is -0.462 e. The first-order valence-corrected chi connectivity index (χ1v) is 34.0. The number of hydrogen-bond acceptors (Lipinski definition) is 6. The highest BCUT2D eigenvalue weighted by Crippen LogP contribution is 2.18. The molecule has 0 aliphatic rings. The summed E-state index contributed by atoms with van der Waals surface area (Å²) >= 11 is 0. The highest BCUT2D eigenvalue weighted by atomic mass is 16.6. The molecule has 0 aromatic rings. The smallest absolute Gasteiger partial charge is 0.306 e. The third-order valence-corrected chi connectivity index (χ3v) is 15.4. The standard InChI is InChI=1S/C70H130O6/c1-4-7-10-13-16-19-22-25-27-29-31-32-33-34-35-36-37-39-40-42-45-48-51-54-57-60-63-69(72)75-66-67(65-74-68(71)62-59-56-53-50-47-44-24-21-18-15-12-9-6-3)76-70(73)64-61-58-55-52-49-46-43-41-38-30-28-26-23-20-17-14-11-8-5-2/h17,20,26,28,38,41,67H,4-16,18-19,21-25,27,29-37,39-40,42-66H2,1-3H3/b20-17-,28-26-,41-38-. The molecule has 0 saturated heterocycles. The van der Waals surface area contributed by atoms with Crippen LogP contribution in [-0.2, 0) is 28.6 Å². The second kappa shape index (κ2) is 65.2. The van der Waals surface area contributed by atoms with Crippen molar-refractivity contribution >= 4 is 17.9 Å². The maximum absolute atomic E-state index is 12.9. The summed E-state index contributed by atoms with van der Waals surface area (Å²) in [7, 11) is 0. The molecule has 0 bridgehead atoms. The van der Waals surface area contributed by atoms with E-state index in [1.54, 1.807) is 0 Å². The van der Waals surface area contributed by atoms with Gasteiger partial charge in [-0.3, -0.25) is 14.4 Å². The van der Waals surface area contributed by atoms with Gasteiger partial charge in [0, 0.05) is 19.3 Å². The molecule has 0 amide bonds. The van der Waals surface area contributed by atoms with E-state index in [1.807, 2.05) is 0 Å². The van der Waals surface area contributed by atoms with Crippen LogP contribution < -0.4 is 0 Å². The van der Waals surface area contributed by atoms with E-state index in [0.29, 0.717) is 19.3 Å². The van der Waals surface area contributed by atoms with E-state index in [9.17, 15) is 14.4 Å². The summed E-state index contributed by atoms with van der Waals surface area (Å²) in [5.74, 6) is -0.858. The van der Waals surface area contributed by atoms with Crippen LogP contribution in [0.2, 0.25) is 0 Å². The Hall–Kier alpha value is -2.37. The van der Waals surface area contributed by atoms with E-state index >= 15 is 0 Å². The predicted octanol–water partition coefficient (Wildman–Crippen LogP) is 23.2. The van der Waals surface area contributed by atoms with Gasteiger partial charge < -0.3 is 14.2 Å². The minimum absolute atomic E-state index is 0.0721. The number of esters is 3. The van der Waals surface area contributed by atoms with E-state index < -0.39 is 6.10 Å². The topological polar surface area (TPSA) is 78.9 Å². The Bertz CT molecular complexity index is 1270. The van der Waals surface area contributed by atoms with Crippen LogP contribution in [0.5, 0.6) is 0 Å². The summed E-state index contributed by atoms with van der Waals surface area (Å²) < 4.78 is 17.0. The predicted molar refractivity (Wildman–Crippen MR) is 330 cm³/mol. The molecular formula is C70H130O6. The van der Waals surface area contributed by atoms with Gasteiger partial charge in [-0.05, 0) is 57.8 Å². The third kappa shape index (κ3) is 62.5. The van der Waals surface area contributed by atoms with Crippen molar-refractivity contribution in [2.75, 3.05) is 13.2 Å². The van der Waals surface area contributed by atoms with Crippen molar-refractivity contribution < 1.29 is 28.6 Å². The maximum atomic E-state index is 12.9. The lowest BCUT2D eigenvalue weighted by atomic mass is 10.0. The summed E-state index contributed by atoms with van der Waals surface area (Å²) in [6, 6.07) is 0. The summed E-state index contributed by atoms with van der Waals surface area (Å²) in [4.78, 5) is 38.3. The van der Waals surface area contributed by atoms with Crippen molar-refractivity contribution in [1.29, 1.82) is 0 Å². The Morgan fingerprint density at radius 3 is 0.763 bits per heavy atom. The highest BCUT2D eigenvalue weighted by molar-refractivity contribution is 5.71. The van der Waals surface area contributed by atoms with Gasteiger partial charge in [0.15, 0.2) is 6.10 Å². The number of carbonyl (C=O) groups excluding carboxylic acids is 3. The first kappa shape index (κ1) is 73.6. The van der Waals surface area contributed by atoms with Crippen LogP contribution in [0.25, 0.3) is 0 Å². The van der Waals surface area contributed by atoms with E-state index in [1.165, 1.54) is 257 Å². The van der Waals surface area contributed by atoms with Gasteiger partial charge in [0.2, 0.25) is 0 Å². The van der Waals surface area contributed by atoms with Crippen molar-refractivity contribution in [3.05, 3.63) is 36.5 Å². The molecule has 0 aromatic carbocycles. The Labute approximate surface area is 474 Å². The molecule has 446 valence electrons. The number of allylic oxidation sites excluding steroid dienone is 6. The molecule has 0 saturated carbocycles. The molecule has 0 radical (unpaired) electrons. The number of unbranched alkanes of at least 4 members (excludes halogenated alkanes) is 46. The van der Waals surface area contributed by atoms with Crippen LogP contribution in [0, 0.1) is 0 Å².